The molecule has 0 saturated heterocycles. The molecule has 2 nitrogen and oxygen atoms in total. The maximum Gasteiger partial charge on any atom is 0.401 e. The Kier molecular flexibility index (Phi) is 3.74. The summed E-state index contributed by atoms with van der Waals surface area (Å²) in [6, 6.07) is 4.05. The minimum atomic E-state index is -4.30. The second kappa shape index (κ2) is 4.69. The first kappa shape index (κ1) is 12.8. The zero-order valence-electron chi connectivity index (χ0n) is 8.68. The summed E-state index contributed by atoms with van der Waals surface area (Å²) >= 11 is 0. The SMILES string of the molecule is CN(Cc1c(N)cccc1F)CC(F)(F)F. The van der Waals surface area contributed by atoms with Crippen LogP contribution in [0.1, 0.15) is 5.56 Å². The fourth-order valence-corrected chi connectivity index (χ4v) is 1.37. The van der Waals surface area contributed by atoms with Crippen LogP contribution in [-0.2, 0) is 6.54 Å². The van der Waals surface area contributed by atoms with Crippen LogP contribution >= 0.6 is 0 Å². The van der Waals surface area contributed by atoms with E-state index in [0.29, 0.717) is 0 Å². The molecule has 0 unspecified atom stereocenters. The second-order valence-electron chi connectivity index (χ2n) is 3.60. The summed E-state index contributed by atoms with van der Waals surface area (Å²) in [5.41, 5.74) is 5.74. The summed E-state index contributed by atoms with van der Waals surface area (Å²) in [5, 5.41) is 0. The van der Waals surface area contributed by atoms with Crippen LogP contribution in [0, 0.1) is 5.82 Å². The number of nitrogens with zero attached hydrogens (tertiary/aromatic N) is 1. The Bertz CT molecular complexity index is 342. The van der Waals surface area contributed by atoms with Gasteiger partial charge in [0.1, 0.15) is 5.82 Å². The molecule has 2 N–H and O–H groups in total. The highest BCUT2D eigenvalue weighted by Gasteiger charge is 2.29. The molecule has 0 aliphatic rings. The van der Waals surface area contributed by atoms with E-state index < -0.39 is 18.5 Å². The molecule has 1 aromatic rings. The first-order valence-corrected chi connectivity index (χ1v) is 4.58. The highest BCUT2D eigenvalue weighted by molar-refractivity contribution is 5.47. The van der Waals surface area contributed by atoms with Gasteiger partial charge in [-0.15, -0.1) is 0 Å². The van der Waals surface area contributed by atoms with Gasteiger partial charge in [0.15, 0.2) is 0 Å². The third-order valence-corrected chi connectivity index (χ3v) is 2.03. The van der Waals surface area contributed by atoms with Gasteiger partial charge in [-0.1, -0.05) is 6.07 Å². The van der Waals surface area contributed by atoms with Crippen LogP contribution < -0.4 is 5.73 Å². The lowest BCUT2D eigenvalue weighted by molar-refractivity contribution is -0.144. The van der Waals surface area contributed by atoms with Gasteiger partial charge in [-0.3, -0.25) is 4.90 Å². The number of benzene rings is 1. The lowest BCUT2D eigenvalue weighted by Gasteiger charge is -2.19. The van der Waals surface area contributed by atoms with E-state index in [9.17, 15) is 17.6 Å². The van der Waals surface area contributed by atoms with Gasteiger partial charge in [-0.05, 0) is 19.2 Å². The van der Waals surface area contributed by atoms with Crippen molar-refractivity contribution in [2.45, 2.75) is 12.7 Å². The molecule has 6 heteroatoms. The number of alkyl halides is 3. The minimum absolute atomic E-state index is 0.0919. The molecule has 0 bridgehead atoms. The second-order valence-corrected chi connectivity index (χ2v) is 3.60. The van der Waals surface area contributed by atoms with Gasteiger partial charge in [-0.2, -0.15) is 13.2 Å². The summed E-state index contributed by atoms with van der Waals surface area (Å²) < 4.78 is 49.4. The molecule has 1 aromatic carbocycles. The summed E-state index contributed by atoms with van der Waals surface area (Å²) in [5.74, 6) is -0.589. The Morgan fingerprint density at radius 2 is 1.94 bits per heavy atom. The number of nitrogens with two attached hydrogens (primary N) is 1. The number of hydrogen-bond donors (Lipinski definition) is 1. The van der Waals surface area contributed by atoms with E-state index in [-0.39, 0.29) is 17.8 Å². The van der Waals surface area contributed by atoms with Crippen LogP contribution in [0.15, 0.2) is 18.2 Å². The molecule has 0 aromatic heterocycles. The quantitative estimate of drug-likeness (QED) is 0.645. The minimum Gasteiger partial charge on any atom is -0.398 e. The van der Waals surface area contributed by atoms with Gasteiger partial charge < -0.3 is 5.73 Å². The molecular weight excluding hydrogens is 224 g/mol. The van der Waals surface area contributed by atoms with E-state index in [1.54, 1.807) is 0 Å². The number of anilines is 1. The maximum atomic E-state index is 13.3. The van der Waals surface area contributed by atoms with E-state index >= 15 is 0 Å². The van der Waals surface area contributed by atoms with E-state index in [4.69, 9.17) is 5.73 Å². The third kappa shape index (κ3) is 3.69. The molecule has 90 valence electrons. The Balaban J connectivity index is 2.73. The summed E-state index contributed by atoms with van der Waals surface area (Å²) in [6.45, 7) is -1.27. The zero-order chi connectivity index (χ0) is 12.3. The summed E-state index contributed by atoms with van der Waals surface area (Å²) in [7, 11) is 1.26. The first-order valence-electron chi connectivity index (χ1n) is 4.58. The Morgan fingerprint density at radius 1 is 1.31 bits per heavy atom. The van der Waals surface area contributed by atoms with Gasteiger partial charge >= 0.3 is 6.18 Å². The van der Waals surface area contributed by atoms with Gasteiger partial charge in [0.25, 0.3) is 0 Å². The number of rotatable bonds is 3. The van der Waals surface area contributed by atoms with Crippen molar-refractivity contribution in [1.82, 2.24) is 4.90 Å². The zero-order valence-corrected chi connectivity index (χ0v) is 8.68. The molecule has 0 atom stereocenters. The Labute approximate surface area is 90.7 Å². The topological polar surface area (TPSA) is 29.3 Å². The number of hydrogen-bond acceptors (Lipinski definition) is 2. The predicted octanol–water partition coefficient (Wildman–Crippen LogP) is 2.40. The molecule has 0 amide bonds. The van der Waals surface area contributed by atoms with Crippen LogP contribution in [-0.4, -0.2) is 24.7 Å². The van der Waals surface area contributed by atoms with Crippen molar-refractivity contribution in [3.8, 4) is 0 Å². The Morgan fingerprint density at radius 3 is 2.44 bits per heavy atom. The van der Waals surface area contributed by atoms with Gasteiger partial charge in [-0.25, -0.2) is 4.39 Å². The van der Waals surface area contributed by atoms with E-state index in [2.05, 4.69) is 0 Å². The maximum absolute atomic E-state index is 13.3. The van der Waals surface area contributed by atoms with Crippen LogP contribution in [0.4, 0.5) is 23.2 Å². The molecule has 0 heterocycles. The number of halogens is 4. The summed E-state index contributed by atoms with van der Waals surface area (Å²) in [4.78, 5) is 0.967. The highest BCUT2D eigenvalue weighted by Crippen LogP contribution is 2.20. The van der Waals surface area contributed by atoms with Crippen molar-refractivity contribution in [2.75, 3.05) is 19.3 Å². The van der Waals surface area contributed by atoms with Gasteiger partial charge in [0.05, 0.1) is 6.54 Å². The van der Waals surface area contributed by atoms with Gasteiger partial charge in [0, 0.05) is 17.8 Å². The number of nitrogen functional groups attached to an aromatic ring is 1. The summed E-state index contributed by atoms with van der Waals surface area (Å²) in [6.07, 6.45) is -4.30. The van der Waals surface area contributed by atoms with Crippen LogP contribution in [0.2, 0.25) is 0 Å². The fraction of sp³-hybridized carbons (Fsp3) is 0.400. The molecule has 0 aliphatic carbocycles. The van der Waals surface area contributed by atoms with Crippen molar-refractivity contribution in [2.24, 2.45) is 0 Å². The lowest BCUT2D eigenvalue weighted by Crippen LogP contribution is -2.31. The van der Waals surface area contributed by atoms with Crippen molar-refractivity contribution in [3.63, 3.8) is 0 Å². The standard InChI is InChI=1S/C10H12F4N2/c1-16(6-10(12,13)14)5-7-8(11)3-2-4-9(7)15/h2-4H,5-6,15H2,1H3. The molecule has 1 rings (SSSR count). The average molecular weight is 236 g/mol. The first-order chi connectivity index (χ1) is 7.29. The van der Waals surface area contributed by atoms with Crippen LogP contribution in [0.3, 0.4) is 0 Å². The normalized spacial score (nSPS) is 12.1. The molecule has 0 spiro atoms. The van der Waals surface area contributed by atoms with Crippen molar-refractivity contribution >= 4 is 5.69 Å². The Hall–Kier alpha value is -1.30. The lowest BCUT2D eigenvalue weighted by atomic mass is 10.1. The largest absolute Gasteiger partial charge is 0.401 e. The van der Waals surface area contributed by atoms with E-state index in [0.717, 1.165) is 4.90 Å². The third-order valence-electron chi connectivity index (χ3n) is 2.03. The van der Waals surface area contributed by atoms with Crippen molar-refractivity contribution < 1.29 is 17.6 Å². The highest BCUT2D eigenvalue weighted by atomic mass is 19.4. The van der Waals surface area contributed by atoms with Crippen molar-refractivity contribution in [1.29, 1.82) is 0 Å². The van der Waals surface area contributed by atoms with E-state index in [1.807, 2.05) is 0 Å². The monoisotopic (exact) mass is 236 g/mol. The molecule has 16 heavy (non-hydrogen) atoms. The predicted molar refractivity (Wildman–Crippen MR) is 53.2 cm³/mol. The van der Waals surface area contributed by atoms with Crippen molar-refractivity contribution in [3.05, 3.63) is 29.6 Å². The smallest absolute Gasteiger partial charge is 0.398 e. The average Bonchev–Trinajstić information content (AvgIpc) is 2.08. The molecule has 0 fully saturated rings. The van der Waals surface area contributed by atoms with Gasteiger partial charge in [0.2, 0.25) is 0 Å². The van der Waals surface area contributed by atoms with E-state index in [1.165, 1.54) is 25.2 Å². The van der Waals surface area contributed by atoms with Crippen LogP contribution in [0.5, 0.6) is 0 Å². The molecule has 0 radical (unpaired) electrons. The van der Waals surface area contributed by atoms with Crippen LogP contribution in [0.25, 0.3) is 0 Å². The molecule has 0 saturated carbocycles. The molecular formula is C10H12F4N2. The molecule has 0 aliphatic heterocycles. The fourth-order valence-electron chi connectivity index (χ4n) is 1.37.